The van der Waals surface area contributed by atoms with Crippen molar-refractivity contribution in [1.29, 1.82) is 0 Å². The Balaban J connectivity index is 2.95. The van der Waals surface area contributed by atoms with Crippen molar-refractivity contribution < 1.29 is 0 Å². The van der Waals surface area contributed by atoms with Crippen LogP contribution in [0.1, 0.15) is 18.1 Å². The molecule has 0 heterocycles. The Morgan fingerprint density at radius 3 is 2.70 bits per heavy atom. The van der Waals surface area contributed by atoms with Crippen LogP contribution in [0.4, 0.5) is 0 Å². The lowest BCUT2D eigenvalue weighted by Crippen LogP contribution is -1.72. The molecule has 0 radical (unpaired) electrons. The molecular formula is C10H12. The molecule has 1 aromatic rings. The van der Waals surface area contributed by atoms with Gasteiger partial charge in [-0.1, -0.05) is 42.0 Å². The highest BCUT2D eigenvalue weighted by molar-refractivity contribution is 5.49. The fourth-order valence-corrected chi connectivity index (χ4v) is 0.966. The van der Waals surface area contributed by atoms with Gasteiger partial charge in [-0.25, -0.2) is 0 Å². The molecule has 0 saturated heterocycles. The fraction of sp³-hybridized carbons (Fsp3) is 0.200. The normalized spacial score (nSPS) is 10.6. The highest BCUT2D eigenvalue weighted by atomic mass is 13.9. The van der Waals surface area contributed by atoms with E-state index in [0.29, 0.717) is 0 Å². The van der Waals surface area contributed by atoms with Crippen molar-refractivity contribution in [3.05, 3.63) is 41.5 Å². The Kier molecular flexibility index (Phi) is 2.27. The van der Waals surface area contributed by atoms with Gasteiger partial charge in [0, 0.05) is 0 Å². The SMILES string of the molecule is C/C=C\c1cccc(C)c1. The molecule has 0 nitrogen and oxygen atoms in total. The Labute approximate surface area is 62.2 Å². The molecular weight excluding hydrogens is 120 g/mol. The first kappa shape index (κ1) is 7.07. The van der Waals surface area contributed by atoms with E-state index in [-0.39, 0.29) is 0 Å². The van der Waals surface area contributed by atoms with E-state index < -0.39 is 0 Å². The molecule has 0 N–H and O–H groups in total. The average Bonchev–Trinajstić information content (AvgIpc) is 1.88. The van der Waals surface area contributed by atoms with Crippen LogP contribution in [0, 0.1) is 6.92 Å². The first-order chi connectivity index (χ1) is 4.83. The van der Waals surface area contributed by atoms with E-state index in [2.05, 4.69) is 43.3 Å². The number of hydrogen-bond acceptors (Lipinski definition) is 0. The summed E-state index contributed by atoms with van der Waals surface area (Å²) >= 11 is 0. The lowest BCUT2D eigenvalue weighted by molar-refractivity contribution is 1.46. The molecule has 0 aliphatic heterocycles. The van der Waals surface area contributed by atoms with Gasteiger partial charge in [-0.2, -0.15) is 0 Å². The van der Waals surface area contributed by atoms with Gasteiger partial charge in [0.15, 0.2) is 0 Å². The summed E-state index contributed by atoms with van der Waals surface area (Å²) in [6.07, 6.45) is 4.15. The summed E-state index contributed by atoms with van der Waals surface area (Å²) in [5.41, 5.74) is 2.60. The van der Waals surface area contributed by atoms with Gasteiger partial charge >= 0.3 is 0 Å². The van der Waals surface area contributed by atoms with Crippen LogP contribution >= 0.6 is 0 Å². The Bertz CT molecular complexity index is 234. The molecule has 0 fully saturated rings. The number of rotatable bonds is 1. The standard InChI is InChI=1S/C10H12/c1-3-5-10-7-4-6-9(2)8-10/h3-8H,1-2H3/b5-3-. The van der Waals surface area contributed by atoms with Crippen LogP contribution in [0.5, 0.6) is 0 Å². The summed E-state index contributed by atoms with van der Waals surface area (Å²) in [6.45, 7) is 4.13. The van der Waals surface area contributed by atoms with Crippen molar-refractivity contribution in [1.82, 2.24) is 0 Å². The van der Waals surface area contributed by atoms with Gasteiger partial charge in [-0.05, 0) is 19.4 Å². The highest BCUT2D eigenvalue weighted by Crippen LogP contribution is 2.04. The maximum absolute atomic E-state index is 2.17. The zero-order chi connectivity index (χ0) is 7.40. The van der Waals surface area contributed by atoms with Crippen molar-refractivity contribution in [2.24, 2.45) is 0 Å². The Morgan fingerprint density at radius 1 is 1.30 bits per heavy atom. The van der Waals surface area contributed by atoms with Crippen LogP contribution in [0.15, 0.2) is 30.3 Å². The maximum atomic E-state index is 2.17. The van der Waals surface area contributed by atoms with E-state index in [9.17, 15) is 0 Å². The van der Waals surface area contributed by atoms with Gasteiger partial charge in [0.1, 0.15) is 0 Å². The molecule has 0 aliphatic rings. The third-order valence-electron chi connectivity index (χ3n) is 1.40. The van der Waals surface area contributed by atoms with E-state index in [4.69, 9.17) is 0 Å². The smallest absolute Gasteiger partial charge is 0.0257 e. The van der Waals surface area contributed by atoms with E-state index >= 15 is 0 Å². The molecule has 0 aliphatic carbocycles. The van der Waals surface area contributed by atoms with Gasteiger partial charge in [0.2, 0.25) is 0 Å². The lowest BCUT2D eigenvalue weighted by atomic mass is 10.1. The van der Waals surface area contributed by atoms with Gasteiger partial charge in [-0.3, -0.25) is 0 Å². The third kappa shape index (κ3) is 1.73. The molecule has 0 atom stereocenters. The summed E-state index contributed by atoms with van der Waals surface area (Å²) in [4.78, 5) is 0. The predicted octanol–water partition coefficient (Wildman–Crippen LogP) is 3.03. The lowest BCUT2D eigenvalue weighted by Gasteiger charge is -1.93. The summed E-state index contributed by atoms with van der Waals surface area (Å²) in [7, 11) is 0. The zero-order valence-corrected chi connectivity index (χ0v) is 6.46. The van der Waals surface area contributed by atoms with Gasteiger partial charge in [0.25, 0.3) is 0 Å². The average molecular weight is 132 g/mol. The second-order valence-electron chi connectivity index (χ2n) is 2.41. The van der Waals surface area contributed by atoms with E-state index in [1.54, 1.807) is 0 Å². The summed E-state index contributed by atoms with van der Waals surface area (Å²) in [6, 6.07) is 8.45. The maximum Gasteiger partial charge on any atom is -0.0257 e. The number of hydrogen-bond donors (Lipinski definition) is 0. The van der Waals surface area contributed by atoms with Crippen LogP contribution < -0.4 is 0 Å². The molecule has 0 amide bonds. The monoisotopic (exact) mass is 132 g/mol. The first-order valence-electron chi connectivity index (χ1n) is 3.52. The van der Waals surface area contributed by atoms with Crippen LogP contribution in [0.3, 0.4) is 0 Å². The molecule has 0 saturated carbocycles. The van der Waals surface area contributed by atoms with Crippen LogP contribution in [0.2, 0.25) is 0 Å². The van der Waals surface area contributed by atoms with Crippen LogP contribution in [-0.2, 0) is 0 Å². The predicted molar refractivity (Wildman–Crippen MR) is 45.9 cm³/mol. The minimum absolute atomic E-state index is 1.28. The third-order valence-corrected chi connectivity index (χ3v) is 1.40. The molecule has 0 spiro atoms. The molecule has 0 bridgehead atoms. The molecule has 0 aromatic heterocycles. The first-order valence-corrected chi connectivity index (χ1v) is 3.52. The fourth-order valence-electron chi connectivity index (χ4n) is 0.966. The number of allylic oxidation sites excluding steroid dienone is 1. The summed E-state index contributed by atoms with van der Waals surface area (Å²) < 4.78 is 0. The van der Waals surface area contributed by atoms with Crippen molar-refractivity contribution in [2.45, 2.75) is 13.8 Å². The van der Waals surface area contributed by atoms with Crippen molar-refractivity contribution in [2.75, 3.05) is 0 Å². The topological polar surface area (TPSA) is 0 Å². The second-order valence-corrected chi connectivity index (χ2v) is 2.41. The minimum Gasteiger partial charge on any atom is -0.0871 e. The van der Waals surface area contributed by atoms with Gasteiger partial charge in [-0.15, -0.1) is 0 Å². The van der Waals surface area contributed by atoms with E-state index in [0.717, 1.165) is 0 Å². The van der Waals surface area contributed by atoms with Crippen LogP contribution in [-0.4, -0.2) is 0 Å². The number of benzene rings is 1. The highest BCUT2D eigenvalue weighted by Gasteiger charge is 1.84. The summed E-state index contributed by atoms with van der Waals surface area (Å²) in [5.74, 6) is 0. The van der Waals surface area contributed by atoms with Crippen molar-refractivity contribution in [3.63, 3.8) is 0 Å². The molecule has 0 unspecified atom stereocenters. The molecule has 52 valence electrons. The molecule has 0 heteroatoms. The minimum atomic E-state index is 1.28. The summed E-state index contributed by atoms with van der Waals surface area (Å²) in [5, 5.41) is 0. The zero-order valence-electron chi connectivity index (χ0n) is 6.46. The Hall–Kier alpha value is -1.04. The van der Waals surface area contributed by atoms with Gasteiger partial charge in [0.05, 0.1) is 0 Å². The van der Waals surface area contributed by atoms with Crippen molar-refractivity contribution >= 4 is 6.08 Å². The molecule has 10 heavy (non-hydrogen) atoms. The Morgan fingerprint density at radius 2 is 2.10 bits per heavy atom. The number of aryl methyl sites for hydroxylation is 1. The van der Waals surface area contributed by atoms with E-state index in [1.165, 1.54) is 11.1 Å². The quantitative estimate of drug-likeness (QED) is 0.551. The molecule has 1 rings (SSSR count). The van der Waals surface area contributed by atoms with Crippen LogP contribution in [0.25, 0.3) is 6.08 Å². The molecule has 1 aromatic carbocycles. The second kappa shape index (κ2) is 3.21. The largest absolute Gasteiger partial charge is 0.0871 e. The van der Waals surface area contributed by atoms with Crippen molar-refractivity contribution in [3.8, 4) is 0 Å². The van der Waals surface area contributed by atoms with E-state index in [1.807, 2.05) is 6.92 Å². The van der Waals surface area contributed by atoms with Gasteiger partial charge < -0.3 is 0 Å².